The Kier molecular flexibility index (Phi) is 5.42. The van der Waals surface area contributed by atoms with Crippen LogP contribution < -0.4 is 5.73 Å². The Morgan fingerprint density at radius 2 is 1.63 bits per heavy atom. The van der Waals surface area contributed by atoms with Crippen LogP contribution in [0, 0.1) is 5.82 Å². The maximum absolute atomic E-state index is 13.4. The third-order valence-corrected chi connectivity index (χ3v) is 7.01. The van der Waals surface area contributed by atoms with E-state index in [1.165, 1.54) is 12.1 Å². The van der Waals surface area contributed by atoms with Crippen molar-refractivity contribution in [3.05, 3.63) is 54.3 Å². The Balaban J connectivity index is 1.94. The van der Waals surface area contributed by atoms with Crippen molar-refractivity contribution in [3.8, 4) is 0 Å². The summed E-state index contributed by atoms with van der Waals surface area (Å²) in [4.78, 5) is 9.17. The maximum Gasteiger partial charge on any atom is 0.212 e. The van der Waals surface area contributed by atoms with E-state index in [1.807, 2.05) is 18.2 Å². The lowest BCUT2D eigenvalue weighted by Gasteiger charge is -2.08. The zero-order chi connectivity index (χ0) is 21.3. The van der Waals surface area contributed by atoms with Gasteiger partial charge in [0.05, 0.1) is 15.9 Å². The van der Waals surface area contributed by atoms with Crippen molar-refractivity contribution in [2.75, 3.05) is 5.73 Å². The standard InChI is InChI=1S/C22H23FN4O2S/c1-2-3-4-7-14-27-21(24)20(30(28,29)16-12-10-15(23)11-13-16)19-22(27)26-18-9-6-5-8-17(18)25-19/h5-6,8-13H,2-4,7,14,24H2,1H3. The first-order valence-corrected chi connectivity index (χ1v) is 11.5. The van der Waals surface area contributed by atoms with Crippen LogP contribution >= 0.6 is 0 Å². The van der Waals surface area contributed by atoms with Gasteiger partial charge in [-0.1, -0.05) is 38.3 Å². The number of rotatable bonds is 7. The van der Waals surface area contributed by atoms with Crippen LogP contribution in [0.5, 0.6) is 0 Å². The van der Waals surface area contributed by atoms with Crippen LogP contribution in [0.2, 0.25) is 0 Å². The van der Waals surface area contributed by atoms with Gasteiger partial charge in [0.2, 0.25) is 9.84 Å². The topological polar surface area (TPSA) is 90.9 Å². The molecular weight excluding hydrogens is 403 g/mol. The summed E-state index contributed by atoms with van der Waals surface area (Å²) in [6.45, 7) is 2.68. The molecule has 2 aromatic heterocycles. The van der Waals surface area contributed by atoms with Crippen LogP contribution in [-0.4, -0.2) is 23.0 Å². The number of para-hydroxylation sites is 2. The van der Waals surface area contributed by atoms with E-state index in [0.717, 1.165) is 37.8 Å². The molecule has 8 heteroatoms. The van der Waals surface area contributed by atoms with Crippen molar-refractivity contribution in [3.63, 3.8) is 0 Å². The lowest BCUT2D eigenvalue weighted by molar-refractivity contribution is 0.588. The van der Waals surface area contributed by atoms with Crippen molar-refractivity contribution in [2.24, 2.45) is 0 Å². The van der Waals surface area contributed by atoms with Crippen molar-refractivity contribution in [1.82, 2.24) is 14.5 Å². The second-order valence-electron chi connectivity index (χ2n) is 7.27. The van der Waals surface area contributed by atoms with Gasteiger partial charge in [0.1, 0.15) is 22.0 Å². The molecule has 0 bridgehead atoms. The summed E-state index contributed by atoms with van der Waals surface area (Å²) >= 11 is 0. The number of nitrogens with zero attached hydrogens (tertiary/aromatic N) is 3. The summed E-state index contributed by atoms with van der Waals surface area (Å²) in [5, 5.41) is 0. The van der Waals surface area contributed by atoms with Gasteiger partial charge in [-0.25, -0.2) is 22.8 Å². The highest BCUT2D eigenvalue weighted by Crippen LogP contribution is 2.35. The van der Waals surface area contributed by atoms with E-state index in [4.69, 9.17) is 5.73 Å². The van der Waals surface area contributed by atoms with Gasteiger partial charge in [0.15, 0.2) is 5.65 Å². The molecule has 2 N–H and O–H groups in total. The normalized spacial score (nSPS) is 12.1. The molecule has 0 fully saturated rings. The van der Waals surface area contributed by atoms with Gasteiger partial charge < -0.3 is 10.3 Å². The maximum atomic E-state index is 13.4. The second kappa shape index (κ2) is 8.02. The predicted molar refractivity (Wildman–Crippen MR) is 115 cm³/mol. The molecule has 4 rings (SSSR count). The number of sulfone groups is 1. The number of benzene rings is 2. The molecule has 0 aliphatic heterocycles. The molecule has 0 aliphatic rings. The SMILES string of the molecule is CCCCCCn1c(N)c(S(=O)(=O)c2ccc(F)cc2)c2nc3ccccc3nc21. The lowest BCUT2D eigenvalue weighted by Crippen LogP contribution is -2.08. The molecule has 6 nitrogen and oxygen atoms in total. The lowest BCUT2D eigenvalue weighted by atomic mass is 10.2. The van der Waals surface area contributed by atoms with Gasteiger partial charge in [0.25, 0.3) is 0 Å². The number of halogens is 1. The monoisotopic (exact) mass is 426 g/mol. The van der Waals surface area contributed by atoms with Gasteiger partial charge in [0, 0.05) is 6.54 Å². The molecule has 2 aromatic carbocycles. The zero-order valence-electron chi connectivity index (χ0n) is 16.7. The molecule has 0 spiro atoms. The first-order chi connectivity index (χ1) is 14.4. The number of nitrogen functional groups attached to an aromatic ring is 1. The largest absolute Gasteiger partial charge is 0.384 e. The van der Waals surface area contributed by atoms with Crippen molar-refractivity contribution >= 4 is 37.9 Å². The Hall–Kier alpha value is -3.00. The van der Waals surface area contributed by atoms with E-state index < -0.39 is 15.7 Å². The number of anilines is 1. The Bertz CT molecular complexity index is 1310. The Labute approximate surface area is 174 Å². The van der Waals surface area contributed by atoms with Crippen LogP contribution in [0.3, 0.4) is 0 Å². The number of aromatic nitrogens is 3. The summed E-state index contributed by atoms with van der Waals surface area (Å²) in [5.74, 6) is -0.396. The van der Waals surface area contributed by atoms with Gasteiger partial charge in [-0.3, -0.25) is 0 Å². The number of fused-ring (bicyclic) bond motifs is 2. The third kappa shape index (κ3) is 3.52. The quantitative estimate of drug-likeness (QED) is 0.341. The van der Waals surface area contributed by atoms with Crippen molar-refractivity contribution < 1.29 is 12.8 Å². The van der Waals surface area contributed by atoms with Gasteiger partial charge >= 0.3 is 0 Å². The van der Waals surface area contributed by atoms with Gasteiger partial charge in [-0.05, 0) is 42.8 Å². The van der Waals surface area contributed by atoms with Crippen LogP contribution in [0.25, 0.3) is 22.2 Å². The number of unbranched alkanes of at least 4 members (excludes halogenated alkanes) is 3. The highest BCUT2D eigenvalue weighted by Gasteiger charge is 2.30. The third-order valence-electron chi connectivity index (χ3n) is 5.17. The summed E-state index contributed by atoms with van der Waals surface area (Å²) in [5.41, 5.74) is 8.32. The number of aryl methyl sites for hydroxylation is 1. The number of hydrogen-bond donors (Lipinski definition) is 1. The molecule has 0 amide bonds. The fourth-order valence-corrected chi connectivity index (χ4v) is 5.12. The highest BCUT2D eigenvalue weighted by atomic mass is 32.2. The molecule has 2 heterocycles. The first kappa shape index (κ1) is 20.3. The molecule has 0 aliphatic carbocycles. The summed E-state index contributed by atoms with van der Waals surface area (Å²) in [6, 6.07) is 12.0. The Morgan fingerprint density at radius 1 is 0.967 bits per heavy atom. The smallest absolute Gasteiger partial charge is 0.212 e. The van der Waals surface area contributed by atoms with Crippen LogP contribution in [0.1, 0.15) is 32.6 Å². The minimum absolute atomic E-state index is 0.0319. The van der Waals surface area contributed by atoms with Crippen LogP contribution in [0.4, 0.5) is 10.2 Å². The van der Waals surface area contributed by atoms with E-state index in [1.54, 1.807) is 10.6 Å². The van der Waals surface area contributed by atoms with Crippen molar-refractivity contribution in [1.29, 1.82) is 0 Å². The zero-order valence-corrected chi connectivity index (χ0v) is 17.5. The van der Waals surface area contributed by atoms with E-state index in [-0.39, 0.29) is 21.1 Å². The molecule has 0 saturated carbocycles. The molecule has 156 valence electrons. The van der Waals surface area contributed by atoms with E-state index in [2.05, 4.69) is 16.9 Å². The van der Waals surface area contributed by atoms with Crippen molar-refractivity contribution in [2.45, 2.75) is 48.9 Å². The second-order valence-corrected chi connectivity index (χ2v) is 9.16. The fraction of sp³-hybridized carbons (Fsp3) is 0.273. The van der Waals surface area contributed by atoms with E-state index in [0.29, 0.717) is 23.2 Å². The number of hydrogen-bond acceptors (Lipinski definition) is 5. The Morgan fingerprint density at radius 3 is 2.30 bits per heavy atom. The molecule has 0 unspecified atom stereocenters. The van der Waals surface area contributed by atoms with E-state index in [9.17, 15) is 12.8 Å². The number of nitrogens with two attached hydrogens (primary N) is 1. The molecule has 0 radical (unpaired) electrons. The predicted octanol–water partition coefficient (Wildman–Crippen LogP) is 4.72. The molecule has 0 saturated heterocycles. The molecular formula is C22H23FN4O2S. The molecule has 30 heavy (non-hydrogen) atoms. The summed E-state index contributed by atoms with van der Waals surface area (Å²) in [6.07, 6.45) is 4.05. The van der Waals surface area contributed by atoms with Crippen LogP contribution in [-0.2, 0) is 16.4 Å². The average Bonchev–Trinajstić information content (AvgIpc) is 3.01. The highest BCUT2D eigenvalue weighted by molar-refractivity contribution is 7.92. The summed E-state index contributed by atoms with van der Waals surface area (Å²) < 4.78 is 41.9. The molecule has 0 atom stereocenters. The van der Waals surface area contributed by atoms with Crippen LogP contribution in [0.15, 0.2) is 58.3 Å². The van der Waals surface area contributed by atoms with E-state index >= 15 is 0 Å². The van der Waals surface area contributed by atoms with Gasteiger partial charge in [-0.2, -0.15) is 0 Å². The minimum atomic E-state index is -4.01. The summed E-state index contributed by atoms with van der Waals surface area (Å²) in [7, 11) is -4.01. The fourth-order valence-electron chi connectivity index (χ4n) is 3.61. The van der Waals surface area contributed by atoms with Gasteiger partial charge in [-0.15, -0.1) is 0 Å². The molecule has 4 aromatic rings. The first-order valence-electron chi connectivity index (χ1n) is 9.98. The minimum Gasteiger partial charge on any atom is -0.384 e. The average molecular weight is 427 g/mol.